The van der Waals surface area contributed by atoms with Crippen LogP contribution in [-0.4, -0.2) is 32.9 Å². The van der Waals surface area contributed by atoms with Gasteiger partial charge in [0.15, 0.2) is 5.78 Å². The van der Waals surface area contributed by atoms with Crippen LogP contribution in [0.3, 0.4) is 0 Å². The van der Waals surface area contributed by atoms with Gasteiger partial charge in [-0.25, -0.2) is 9.67 Å². The molecule has 1 aliphatic carbocycles. The minimum Gasteiger partial charge on any atom is -0.309 e. The summed E-state index contributed by atoms with van der Waals surface area (Å²) in [6.45, 7) is 0.743. The molecular formula is C23H21ClN4O2. The summed E-state index contributed by atoms with van der Waals surface area (Å²) in [5, 5.41) is 8.30. The molecule has 0 radical (unpaired) electrons. The van der Waals surface area contributed by atoms with E-state index in [4.69, 9.17) is 11.6 Å². The van der Waals surface area contributed by atoms with Gasteiger partial charge in [-0.1, -0.05) is 48.0 Å². The van der Waals surface area contributed by atoms with Crippen LogP contribution in [0.25, 0.3) is 0 Å². The van der Waals surface area contributed by atoms with Gasteiger partial charge in [0.2, 0.25) is 0 Å². The summed E-state index contributed by atoms with van der Waals surface area (Å²) in [4.78, 5) is 31.2. The number of nitrogens with zero attached hydrogens (tertiary/aromatic N) is 3. The maximum absolute atomic E-state index is 13.8. The third-order valence-electron chi connectivity index (χ3n) is 6.25. The van der Waals surface area contributed by atoms with Crippen molar-refractivity contribution in [1.82, 2.24) is 20.1 Å². The first kappa shape index (κ1) is 19.2. The molecule has 7 heteroatoms. The molecule has 2 aromatic carbocycles. The summed E-state index contributed by atoms with van der Waals surface area (Å²) < 4.78 is 1.59. The third kappa shape index (κ3) is 3.26. The molecule has 1 aliphatic heterocycles. The van der Waals surface area contributed by atoms with Gasteiger partial charge in [-0.3, -0.25) is 9.59 Å². The van der Waals surface area contributed by atoms with Gasteiger partial charge in [-0.2, -0.15) is 5.10 Å². The largest absolute Gasteiger partial charge is 0.309 e. The van der Waals surface area contributed by atoms with Crippen LogP contribution in [0.1, 0.15) is 41.1 Å². The van der Waals surface area contributed by atoms with Gasteiger partial charge in [0.1, 0.15) is 24.5 Å². The summed E-state index contributed by atoms with van der Waals surface area (Å²) in [6, 6.07) is 14.5. The Morgan fingerprint density at radius 2 is 1.87 bits per heavy atom. The van der Waals surface area contributed by atoms with Gasteiger partial charge in [0.25, 0.3) is 0 Å². The first-order valence-corrected chi connectivity index (χ1v) is 10.5. The number of ketones is 2. The zero-order valence-corrected chi connectivity index (χ0v) is 17.0. The Morgan fingerprint density at radius 1 is 1.07 bits per heavy atom. The van der Waals surface area contributed by atoms with Crippen LogP contribution >= 0.6 is 11.6 Å². The predicted octanol–water partition coefficient (Wildman–Crippen LogP) is 3.30. The number of carbonyl (C=O) groups excluding carboxylic acids is 2. The lowest BCUT2D eigenvalue weighted by Gasteiger charge is -2.39. The standard InChI is InChI=1S/C23H21ClN4O2/c24-16-7-5-15(6-8-16)18-11-19(29)20(23(30)22(18)28-13-25-12-27-28)21-17-4-2-1-3-14(17)9-10-26-21/h1-8,12-13,18,20-22,26H,9-11H2/t18-,20-,21-,22+/m1/s1. The highest BCUT2D eigenvalue weighted by molar-refractivity contribution is 6.30. The number of fused-ring (bicyclic) bond motifs is 1. The number of nitrogens with one attached hydrogen (secondary N) is 1. The van der Waals surface area contributed by atoms with E-state index in [0.29, 0.717) is 5.02 Å². The molecule has 0 saturated heterocycles. The van der Waals surface area contributed by atoms with E-state index in [-0.39, 0.29) is 29.9 Å². The number of benzene rings is 2. The minimum absolute atomic E-state index is 0.0366. The average molecular weight is 421 g/mol. The molecule has 3 aromatic rings. The van der Waals surface area contributed by atoms with Gasteiger partial charge >= 0.3 is 0 Å². The van der Waals surface area contributed by atoms with E-state index in [1.807, 2.05) is 30.3 Å². The van der Waals surface area contributed by atoms with E-state index in [1.54, 1.807) is 23.1 Å². The molecule has 0 unspecified atom stereocenters. The van der Waals surface area contributed by atoms with Crippen LogP contribution in [-0.2, 0) is 16.0 Å². The average Bonchev–Trinajstić information content (AvgIpc) is 3.28. The van der Waals surface area contributed by atoms with Crippen molar-refractivity contribution in [2.24, 2.45) is 5.92 Å². The summed E-state index contributed by atoms with van der Waals surface area (Å²) in [7, 11) is 0. The lowest BCUT2D eigenvalue weighted by Crippen LogP contribution is -2.48. The van der Waals surface area contributed by atoms with E-state index in [2.05, 4.69) is 21.5 Å². The molecule has 0 bridgehead atoms. The van der Waals surface area contributed by atoms with Crippen LogP contribution < -0.4 is 5.32 Å². The molecule has 1 saturated carbocycles. The van der Waals surface area contributed by atoms with Gasteiger partial charge < -0.3 is 5.32 Å². The second-order valence-electron chi connectivity index (χ2n) is 7.91. The van der Waals surface area contributed by atoms with Crippen molar-refractivity contribution >= 4 is 23.2 Å². The molecule has 152 valence electrons. The highest BCUT2D eigenvalue weighted by atomic mass is 35.5. The molecule has 1 fully saturated rings. The summed E-state index contributed by atoms with van der Waals surface area (Å²) in [5.74, 6) is -1.21. The van der Waals surface area contributed by atoms with E-state index in [0.717, 1.165) is 24.1 Å². The second-order valence-corrected chi connectivity index (χ2v) is 8.35. The van der Waals surface area contributed by atoms with Crippen molar-refractivity contribution in [1.29, 1.82) is 0 Å². The second kappa shape index (κ2) is 7.78. The van der Waals surface area contributed by atoms with Crippen LogP contribution in [0, 0.1) is 5.92 Å². The Bertz CT molecular complexity index is 1080. The van der Waals surface area contributed by atoms with Crippen molar-refractivity contribution in [3.05, 3.63) is 82.9 Å². The maximum atomic E-state index is 13.8. The van der Waals surface area contributed by atoms with Gasteiger partial charge in [0.05, 0.1) is 5.92 Å². The van der Waals surface area contributed by atoms with E-state index in [1.165, 1.54) is 11.9 Å². The zero-order chi connectivity index (χ0) is 20.7. The van der Waals surface area contributed by atoms with Crippen LogP contribution in [0.2, 0.25) is 5.02 Å². The van der Waals surface area contributed by atoms with Gasteiger partial charge in [-0.05, 0) is 41.8 Å². The van der Waals surface area contributed by atoms with Crippen molar-refractivity contribution in [3.8, 4) is 0 Å². The number of aromatic nitrogens is 3. The molecule has 6 nitrogen and oxygen atoms in total. The van der Waals surface area contributed by atoms with Crippen molar-refractivity contribution in [3.63, 3.8) is 0 Å². The Hall–Kier alpha value is -2.83. The topological polar surface area (TPSA) is 76.9 Å². The van der Waals surface area contributed by atoms with Crippen LogP contribution in [0.5, 0.6) is 0 Å². The molecular weight excluding hydrogens is 400 g/mol. The van der Waals surface area contributed by atoms with E-state index >= 15 is 0 Å². The van der Waals surface area contributed by atoms with Crippen LogP contribution in [0.15, 0.2) is 61.2 Å². The first-order chi connectivity index (χ1) is 14.6. The molecule has 1 aromatic heterocycles. The molecule has 1 N–H and O–H groups in total. The quantitative estimate of drug-likeness (QED) is 0.658. The number of carbonyl (C=O) groups is 2. The molecule has 5 rings (SSSR count). The fourth-order valence-electron chi connectivity index (χ4n) is 4.87. The number of hydrogen-bond acceptors (Lipinski definition) is 5. The molecule has 2 aliphatic rings. The zero-order valence-electron chi connectivity index (χ0n) is 16.2. The molecule has 2 heterocycles. The van der Waals surface area contributed by atoms with Gasteiger partial charge in [-0.15, -0.1) is 0 Å². The lowest BCUT2D eigenvalue weighted by molar-refractivity contribution is -0.141. The van der Waals surface area contributed by atoms with Crippen molar-refractivity contribution < 1.29 is 9.59 Å². The predicted molar refractivity (Wildman–Crippen MR) is 112 cm³/mol. The summed E-state index contributed by atoms with van der Waals surface area (Å²) in [6.07, 6.45) is 4.14. The fraction of sp³-hybridized carbons (Fsp3) is 0.304. The van der Waals surface area contributed by atoms with Gasteiger partial charge in [0, 0.05) is 23.4 Å². The highest BCUT2D eigenvalue weighted by Gasteiger charge is 2.49. The summed E-state index contributed by atoms with van der Waals surface area (Å²) in [5.41, 5.74) is 3.13. The molecule has 4 atom stereocenters. The highest BCUT2D eigenvalue weighted by Crippen LogP contribution is 2.44. The Labute approximate surface area is 179 Å². The van der Waals surface area contributed by atoms with E-state index < -0.39 is 12.0 Å². The lowest BCUT2D eigenvalue weighted by atomic mass is 9.69. The molecule has 0 amide bonds. The fourth-order valence-corrected chi connectivity index (χ4v) is 4.99. The Balaban J connectivity index is 1.56. The van der Waals surface area contributed by atoms with E-state index in [9.17, 15) is 9.59 Å². The number of rotatable bonds is 3. The summed E-state index contributed by atoms with van der Waals surface area (Å²) >= 11 is 6.05. The number of Topliss-reactive ketones (excluding diaryl/α,β-unsaturated/α-hetero) is 2. The number of hydrogen-bond donors (Lipinski definition) is 1. The molecule has 0 spiro atoms. The monoisotopic (exact) mass is 420 g/mol. The number of halogens is 1. The Kier molecular flexibility index (Phi) is 4.97. The first-order valence-electron chi connectivity index (χ1n) is 10.1. The maximum Gasteiger partial charge on any atom is 0.170 e. The SMILES string of the molecule is O=C1C[C@H](c2ccc(Cl)cc2)[C@H](n2cncn2)C(=O)[C@H]1[C@@H]1NCCc2ccccc21. The van der Waals surface area contributed by atoms with Crippen molar-refractivity contribution in [2.45, 2.75) is 30.8 Å². The smallest absolute Gasteiger partial charge is 0.170 e. The normalized spacial score (nSPS) is 26.4. The Morgan fingerprint density at radius 3 is 2.63 bits per heavy atom. The molecule has 30 heavy (non-hydrogen) atoms. The van der Waals surface area contributed by atoms with Crippen LogP contribution in [0.4, 0.5) is 0 Å². The third-order valence-corrected chi connectivity index (χ3v) is 6.50. The minimum atomic E-state index is -0.746. The van der Waals surface area contributed by atoms with Crippen molar-refractivity contribution in [2.75, 3.05) is 6.54 Å².